The van der Waals surface area contributed by atoms with Crippen molar-refractivity contribution in [3.63, 3.8) is 0 Å². The van der Waals surface area contributed by atoms with Crippen LogP contribution >= 0.6 is 0 Å². The SMILES string of the molecule is CN(/C=C1/CC[C@](C)(c2ccc(C(C)(C)C)cc2)C1=O)c1ccccc1. The highest BCUT2D eigenvalue weighted by atomic mass is 16.1. The first kappa shape index (κ1) is 18.4. The van der Waals surface area contributed by atoms with Crippen molar-refractivity contribution in [2.24, 2.45) is 0 Å². The van der Waals surface area contributed by atoms with Gasteiger partial charge in [-0.2, -0.15) is 0 Å². The van der Waals surface area contributed by atoms with Gasteiger partial charge in [0.25, 0.3) is 0 Å². The van der Waals surface area contributed by atoms with Gasteiger partial charge in [-0.1, -0.05) is 63.2 Å². The monoisotopic (exact) mass is 347 g/mol. The second kappa shape index (κ2) is 6.75. The van der Waals surface area contributed by atoms with E-state index < -0.39 is 5.41 Å². The maximum atomic E-state index is 13.2. The molecule has 2 aromatic rings. The number of Topliss-reactive ketones (excluding diaryl/α,β-unsaturated/α-hetero) is 1. The molecule has 1 aliphatic carbocycles. The topological polar surface area (TPSA) is 20.3 Å². The number of nitrogens with zero attached hydrogens (tertiary/aromatic N) is 1. The van der Waals surface area contributed by atoms with Gasteiger partial charge in [-0.15, -0.1) is 0 Å². The lowest BCUT2D eigenvalue weighted by Crippen LogP contribution is -2.28. The Morgan fingerprint density at radius 2 is 1.62 bits per heavy atom. The van der Waals surface area contributed by atoms with Crippen LogP contribution in [0.4, 0.5) is 5.69 Å². The van der Waals surface area contributed by atoms with E-state index in [2.05, 4.69) is 64.1 Å². The standard InChI is InChI=1S/C24H29NO/c1-23(2,3)19-11-13-20(14-12-19)24(4)16-15-18(22(24)26)17-25(5)21-9-7-6-8-10-21/h6-14,17H,15-16H2,1-5H3/b18-17-/t24-/m1/s1. The molecule has 0 amide bonds. The maximum absolute atomic E-state index is 13.2. The number of hydrogen-bond donors (Lipinski definition) is 0. The normalized spacial score (nSPS) is 22.0. The molecule has 1 atom stereocenters. The fraction of sp³-hybridized carbons (Fsp3) is 0.375. The van der Waals surface area contributed by atoms with Gasteiger partial charge >= 0.3 is 0 Å². The number of anilines is 1. The predicted octanol–water partition coefficient (Wildman–Crippen LogP) is 5.63. The van der Waals surface area contributed by atoms with Crippen LogP contribution in [0.3, 0.4) is 0 Å². The molecule has 3 rings (SSSR count). The van der Waals surface area contributed by atoms with Gasteiger partial charge in [0.05, 0.1) is 5.41 Å². The summed E-state index contributed by atoms with van der Waals surface area (Å²) in [5.41, 5.74) is 4.15. The zero-order chi connectivity index (χ0) is 18.9. The van der Waals surface area contributed by atoms with Gasteiger partial charge in [-0.3, -0.25) is 4.79 Å². The van der Waals surface area contributed by atoms with E-state index in [0.717, 1.165) is 29.7 Å². The quantitative estimate of drug-likeness (QED) is 0.671. The minimum atomic E-state index is -0.417. The summed E-state index contributed by atoms with van der Waals surface area (Å²) in [6, 6.07) is 18.8. The molecule has 0 saturated heterocycles. The number of hydrogen-bond acceptors (Lipinski definition) is 2. The smallest absolute Gasteiger partial charge is 0.170 e. The summed E-state index contributed by atoms with van der Waals surface area (Å²) >= 11 is 0. The zero-order valence-electron chi connectivity index (χ0n) is 16.5. The largest absolute Gasteiger partial charge is 0.351 e. The second-order valence-electron chi connectivity index (χ2n) is 8.59. The van der Waals surface area contributed by atoms with Crippen molar-refractivity contribution >= 4 is 11.5 Å². The molecule has 0 heterocycles. The van der Waals surface area contributed by atoms with Crippen molar-refractivity contribution in [1.82, 2.24) is 0 Å². The number of carbonyl (C=O) groups excluding carboxylic acids is 1. The van der Waals surface area contributed by atoms with E-state index in [1.807, 2.05) is 36.3 Å². The molecule has 136 valence electrons. The Bertz CT molecular complexity index is 812. The lowest BCUT2D eigenvalue weighted by Gasteiger charge is -2.25. The van der Waals surface area contributed by atoms with E-state index in [0.29, 0.717) is 0 Å². The first-order valence-corrected chi connectivity index (χ1v) is 9.36. The molecule has 0 unspecified atom stereocenters. The van der Waals surface area contributed by atoms with Crippen LogP contribution in [0.15, 0.2) is 66.4 Å². The van der Waals surface area contributed by atoms with Gasteiger partial charge in [0.2, 0.25) is 0 Å². The van der Waals surface area contributed by atoms with E-state index in [-0.39, 0.29) is 11.2 Å². The van der Waals surface area contributed by atoms with E-state index in [1.165, 1.54) is 5.56 Å². The van der Waals surface area contributed by atoms with Gasteiger partial charge in [0, 0.05) is 24.5 Å². The summed E-state index contributed by atoms with van der Waals surface area (Å²) in [6.07, 6.45) is 3.70. The number of rotatable bonds is 3. The number of allylic oxidation sites excluding steroid dienone is 1. The molecule has 0 spiro atoms. The van der Waals surface area contributed by atoms with Crippen LogP contribution < -0.4 is 4.90 Å². The Labute approximate surface area is 157 Å². The second-order valence-corrected chi connectivity index (χ2v) is 8.59. The number of ketones is 1. The molecule has 26 heavy (non-hydrogen) atoms. The Hall–Kier alpha value is -2.35. The van der Waals surface area contributed by atoms with Crippen LogP contribution in [-0.2, 0) is 15.6 Å². The van der Waals surface area contributed by atoms with Gasteiger partial charge in [-0.05, 0) is 48.4 Å². The van der Waals surface area contributed by atoms with Gasteiger partial charge in [-0.25, -0.2) is 0 Å². The summed E-state index contributed by atoms with van der Waals surface area (Å²) in [5, 5.41) is 0. The molecule has 0 radical (unpaired) electrons. The van der Waals surface area contributed by atoms with Crippen molar-refractivity contribution < 1.29 is 4.79 Å². The molecule has 2 heteroatoms. The summed E-state index contributed by atoms with van der Waals surface area (Å²) in [4.78, 5) is 15.2. The molecule has 0 bridgehead atoms. The molecule has 1 saturated carbocycles. The highest BCUT2D eigenvalue weighted by molar-refractivity contribution is 6.05. The van der Waals surface area contributed by atoms with Crippen molar-refractivity contribution in [2.75, 3.05) is 11.9 Å². The first-order valence-electron chi connectivity index (χ1n) is 9.36. The fourth-order valence-corrected chi connectivity index (χ4v) is 3.67. The molecular weight excluding hydrogens is 318 g/mol. The molecule has 0 aliphatic heterocycles. The Morgan fingerprint density at radius 3 is 2.19 bits per heavy atom. The minimum Gasteiger partial charge on any atom is -0.351 e. The number of benzene rings is 2. The number of para-hydroxylation sites is 1. The molecule has 0 aromatic heterocycles. The van der Waals surface area contributed by atoms with Crippen LogP contribution in [0.2, 0.25) is 0 Å². The molecular formula is C24H29NO. The summed E-state index contributed by atoms with van der Waals surface area (Å²) in [7, 11) is 2.00. The van der Waals surface area contributed by atoms with E-state index in [9.17, 15) is 4.79 Å². The Morgan fingerprint density at radius 1 is 1.00 bits per heavy atom. The number of carbonyl (C=O) groups is 1. The van der Waals surface area contributed by atoms with Crippen molar-refractivity contribution in [1.29, 1.82) is 0 Å². The van der Waals surface area contributed by atoms with Gasteiger partial charge in [0.15, 0.2) is 5.78 Å². The highest BCUT2D eigenvalue weighted by Crippen LogP contribution is 2.41. The molecule has 0 N–H and O–H groups in total. The maximum Gasteiger partial charge on any atom is 0.170 e. The van der Waals surface area contributed by atoms with E-state index in [4.69, 9.17) is 0 Å². The molecule has 2 aromatic carbocycles. The van der Waals surface area contributed by atoms with Crippen LogP contribution in [0.1, 0.15) is 51.7 Å². The van der Waals surface area contributed by atoms with Crippen molar-refractivity contribution in [2.45, 2.75) is 51.4 Å². The first-order chi connectivity index (χ1) is 12.2. The summed E-state index contributed by atoms with van der Waals surface area (Å²) in [5.74, 6) is 0.254. The van der Waals surface area contributed by atoms with E-state index >= 15 is 0 Å². The van der Waals surface area contributed by atoms with Crippen LogP contribution in [0.5, 0.6) is 0 Å². The van der Waals surface area contributed by atoms with Crippen LogP contribution in [0, 0.1) is 0 Å². The molecule has 1 fully saturated rings. The van der Waals surface area contributed by atoms with Gasteiger partial charge < -0.3 is 4.90 Å². The predicted molar refractivity (Wildman–Crippen MR) is 110 cm³/mol. The lowest BCUT2D eigenvalue weighted by molar-refractivity contribution is -0.118. The minimum absolute atomic E-state index is 0.128. The third-order valence-corrected chi connectivity index (χ3v) is 5.59. The fourth-order valence-electron chi connectivity index (χ4n) is 3.67. The summed E-state index contributed by atoms with van der Waals surface area (Å²) < 4.78 is 0. The summed E-state index contributed by atoms with van der Waals surface area (Å²) in [6.45, 7) is 8.73. The highest BCUT2D eigenvalue weighted by Gasteiger charge is 2.42. The van der Waals surface area contributed by atoms with E-state index in [1.54, 1.807) is 0 Å². The average Bonchev–Trinajstić information content (AvgIpc) is 2.91. The van der Waals surface area contributed by atoms with Gasteiger partial charge in [0.1, 0.15) is 0 Å². The molecule has 2 nitrogen and oxygen atoms in total. The van der Waals surface area contributed by atoms with Crippen molar-refractivity contribution in [3.05, 3.63) is 77.5 Å². The molecule has 1 aliphatic rings. The zero-order valence-corrected chi connectivity index (χ0v) is 16.5. The third kappa shape index (κ3) is 3.46. The average molecular weight is 348 g/mol. The third-order valence-electron chi connectivity index (χ3n) is 5.59. The lowest BCUT2D eigenvalue weighted by atomic mass is 9.78. The van der Waals surface area contributed by atoms with Crippen molar-refractivity contribution in [3.8, 4) is 0 Å². The Kier molecular flexibility index (Phi) is 4.79. The van der Waals surface area contributed by atoms with Crippen LogP contribution in [0.25, 0.3) is 0 Å². The Balaban J connectivity index is 1.84. The van der Waals surface area contributed by atoms with Crippen LogP contribution in [-0.4, -0.2) is 12.8 Å².